The van der Waals surface area contributed by atoms with E-state index in [-0.39, 0.29) is 25.0 Å². The second-order valence-corrected chi connectivity index (χ2v) is 7.91. The number of hydrogen-bond donors (Lipinski definition) is 1. The number of benzene rings is 2. The summed E-state index contributed by atoms with van der Waals surface area (Å²) in [6.45, 7) is 7.98. The highest BCUT2D eigenvalue weighted by atomic mass is 35.5. The fraction of sp³-hybridized carbons (Fsp3) is 0.391. The van der Waals surface area contributed by atoms with E-state index >= 15 is 0 Å². The largest absolute Gasteiger partial charge is 0.483 e. The topological polar surface area (TPSA) is 58.6 Å². The van der Waals surface area contributed by atoms with Crippen LogP contribution >= 0.6 is 23.2 Å². The van der Waals surface area contributed by atoms with Gasteiger partial charge in [0.15, 0.2) is 6.61 Å². The Labute approximate surface area is 188 Å². The third-order valence-electron chi connectivity index (χ3n) is 4.82. The smallest absolute Gasteiger partial charge is 0.261 e. The fourth-order valence-corrected chi connectivity index (χ4v) is 3.67. The Morgan fingerprint density at radius 1 is 1.10 bits per heavy atom. The number of ether oxygens (including phenoxy) is 1. The van der Waals surface area contributed by atoms with Crippen molar-refractivity contribution in [2.24, 2.45) is 0 Å². The maximum atomic E-state index is 13.2. The van der Waals surface area contributed by atoms with E-state index in [1.165, 1.54) is 4.90 Å². The lowest BCUT2D eigenvalue weighted by Gasteiger charge is -2.31. The summed E-state index contributed by atoms with van der Waals surface area (Å²) in [5.74, 6) is 0.110. The quantitative estimate of drug-likeness (QED) is 0.588. The second-order valence-electron chi connectivity index (χ2n) is 7.10. The molecule has 2 aromatic carbocycles. The summed E-state index contributed by atoms with van der Waals surface area (Å²) in [6, 6.07) is 10.3. The molecule has 7 heteroatoms. The first-order chi connectivity index (χ1) is 14.3. The van der Waals surface area contributed by atoms with Crippen LogP contribution in [0.1, 0.15) is 37.0 Å². The SMILES string of the molecule is CCNC(=O)C(CC)N(Cc1c(Cl)cccc1Cl)C(=O)COc1cc(C)ccc1C. The highest BCUT2D eigenvalue weighted by molar-refractivity contribution is 6.36. The summed E-state index contributed by atoms with van der Waals surface area (Å²) in [6.07, 6.45) is 0.448. The molecule has 1 N–H and O–H groups in total. The van der Waals surface area contributed by atoms with Crippen molar-refractivity contribution < 1.29 is 14.3 Å². The van der Waals surface area contributed by atoms with E-state index in [0.717, 1.165) is 11.1 Å². The van der Waals surface area contributed by atoms with Crippen LogP contribution < -0.4 is 10.1 Å². The summed E-state index contributed by atoms with van der Waals surface area (Å²) in [7, 11) is 0. The van der Waals surface area contributed by atoms with E-state index in [9.17, 15) is 9.59 Å². The summed E-state index contributed by atoms with van der Waals surface area (Å²) in [5, 5.41) is 3.69. The molecule has 0 heterocycles. The van der Waals surface area contributed by atoms with Gasteiger partial charge >= 0.3 is 0 Å². The fourth-order valence-electron chi connectivity index (χ4n) is 3.15. The van der Waals surface area contributed by atoms with Gasteiger partial charge in [0.2, 0.25) is 5.91 Å². The van der Waals surface area contributed by atoms with Gasteiger partial charge in [0, 0.05) is 28.7 Å². The number of hydrogen-bond acceptors (Lipinski definition) is 3. The molecule has 0 saturated carbocycles. The van der Waals surface area contributed by atoms with Crippen LogP contribution in [0, 0.1) is 13.8 Å². The molecule has 0 spiro atoms. The summed E-state index contributed by atoms with van der Waals surface area (Å²) in [4.78, 5) is 27.3. The van der Waals surface area contributed by atoms with Crippen molar-refractivity contribution in [2.45, 2.75) is 46.7 Å². The van der Waals surface area contributed by atoms with E-state index < -0.39 is 6.04 Å². The molecule has 0 aromatic heterocycles. The molecule has 2 amide bonds. The van der Waals surface area contributed by atoms with E-state index in [2.05, 4.69) is 5.32 Å². The predicted octanol–water partition coefficient (Wildman–Crippen LogP) is 4.93. The monoisotopic (exact) mass is 450 g/mol. The molecular weight excluding hydrogens is 423 g/mol. The van der Waals surface area contributed by atoms with Crippen molar-refractivity contribution in [3.63, 3.8) is 0 Å². The Kier molecular flexibility index (Phi) is 9.00. The van der Waals surface area contributed by atoms with E-state index in [4.69, 9.17) is 27.9 Å². The minimum atomic E-state index is -0.660. The van der Waals surface area contributed by atoms with Crippen LogP contribution in [-0.4, -0.2) is 35.9 Å². The average molecular weight is 451 g/mol. The maximum absolute atomic E-state index is 13.2. The van der Waals surface area contributed by atoms with Crippen molar-refractivity contribution in [1.82, 2.24) is 10.2 Å². The van der Waals surface area contributed by atoms with Crippen LogP contribution in [0.2, 0.25) is 10.0 Å². The predicted molar refractivity (Wildman–Crippen MR) is 121 cm³/mol. The average Bonchev–Trinajstić information content (AvgIpc) is 2.70. The molecule has 2 rings (SSSR count). The van der Waals surface area contributed by atoms with Crippen molar-refractivity contribution in [1.29, 1.82) is 0 Å². The number of carbonyl (C=O) groups is 2. The minimum Gasteiger partial charge on any atom is -0.483 e. The highest BCUT2D eigenvalue weighted by Crippen LogP contribution is 2.27. The molecule has 30 heavy (non-hydrogen) atoms. The highest BCUT2D eigenvalue weighted by Gasteiger charge is 2.29. The van der Waals surface area contributed by atoms with Crippen LogP contribution in [0.25, 0.3) is 0 Å². The van der Waals surface area contributed by atoms with Crippen LogP contribution in [-0.2, 0) is 16.1 Å². The number of halogens is 2. The van der Waals surface area contributed by atoms with Gasteiger partial charge in [-0.2, -0.15) is 0 Å². The zero-order valence-electron chi connectivity index (χ0n) is 17.8. The molecule has 0 aliphatic rings. The normalized spacial score (nSPS) is 11.7. The van der Waals surface area contributed by atoms with Crippen molar-refractivity contribution in [2.75, 3.05) is 13.2 Å². The number of likely N-dealkylation sites (N-methyl/N-ethyl adjacent to an activating group) is 1. The van der Waals surface area contributed by atoms with Crippen LogP contribution in [0.5, 0.6) is 5.75 Å². The van der Waals surface area contributed by atoms with Crippen molar-refractivity contribution >= 4 is 35.0 Å². The minimum absolute atomic E-state index is 0.114. The van der Waals surface area contributed by atoms with Crippen LogP contribution in [0.15, 0.2) is 36.4 Å². The molecule has 1 atom stereocenters. The first kappa shape index (κ1) is 24.0. The second kappa shape index (κ2) is 11.2. The van der Waals surface area contributed by atoms with Crippen molar-refractivity contribution in [3.05, 3.63) is 63.1 Å². The standard InChI is InChI=1S/C23H28Cl2N2O3/c1-5-20(23(29)26-6-2)27(13-17-18(24)8-7-9-19(17)25)22(28)14-30-21-12-15(3)10-11-16(21)4/h7-12,20H,5-6,13-14H2,1-4H3,(H,26,29). The third kappa shape index (κ3) is 6.13. The first-order valence-electron chi connectivity index (χ1n) is 9.98. The lowest BCUT2D eigenvalue weighted by Crippen LogP contribution is -2.50. The van der Waals surface area contributed by atoms with Gasteiger partial charge in [0.05, 0.1) is 0 Å². The first-order valence-corrected chi connectivity index (χ1v) is 10.7. The van der Waals surface area contributed by atoms with E-state index in [0.29, 0.717) is 34.3 Å². The van der Waals surface area contributed by atoms with Gasteiger partial charge in [0.1, 0.15) is 11.8 Å². The Balaban J connectivity index is 2.30. The van der Waals surface area contributed by atoms with Gasteiger partial charge in [-0.15, -0.1) is 0 Å². The van der Waals surface area contributed by atoms with Gasteiger partial charge in [-0.1, -0.05) is 48.3 Å². The number of amides is 2. The molecule has 0 aliphatic heterocycles. The van der Waals surface area contributed by atoms with E-state index in [1.54, 1.807) is 18.2 Å². The third-order valence-corrected chi connectivity index (χ3v) is 5.53. The van der Waals surface area contributed by atoms with Crippen molar-refractivity contribution in [3.8, 4) is 5.75 Å². The molecule has 5 nitrogen and oxygen atoms in total. The molecule has 0 fully saturated rings. The lowest BCUT2D eigenvalue weighted by molar-refractivity contribution is -0.142. The zero-order chi connectivity index (χ0) is 22.3. The molecule has 162 valence electrons. The Morgan fingerprint density at radius 3 is 2.37 bits per heavy atom. The molecule has 1 unspecified atom stereocenters. The van der Waals surface area contributed by atoms with Gasteiger partial charge in [-0.05, 0) is 56.5 Å². The maximum Gasteiger partial charge on any atom is 0.261 e. The zero-order valence-corrected chi connectivity index (χ0v) is 19.3. The number of rotatable bonds is 9. The molecule has 2 aromatic rings. The summed E-state index contributed by atoms with van der Waals surface area (Å²) in [5.41, 5.74) is 2.57. The molecule has 0 radical (unpaired) electrons. The summed E-state index contributed by atoms with van der Waals surface area (Å²) >= 11 is 12.6. The van der Waals surface area contributed by atoms with E-state index in [1.807, 2.05) is 45.9 Å². The van der Waals surface area contributed by atoms with Crippen LogP contribution in [0.3, 0.4) is 0 Å². The number of nitrogens with zero attached hydrogens (tertiary/aromatic N) is 1. The Hall–Kier alpha value is -2.24. The van der Waals surface area contributed by atoms with Gasteiger partial charge in [0.25, 0.3) is 5.91 Å². The number of aryl methyl sites for hydroxylation is 2. The summed E-state index contributed by atoms with van der Waals surface area (Å²) < 4.78 is 5.80. The molecule has 0 aliphatic carbocycles. The van der Waals surface area contributed by atoms with Gasteiger partial charge in [-0.3, -0.25) is 9.59 Å². The number of nitrogens with one attached hydrogen (secondary N) is 1. The molecule has 0 saturated heterocycles. The Bertz CT molecular complexity index is 882. The van der Waals surface area contributed by atoms with Crippen LogP contribution in [0.4, 0.5) is 0 Å². The Morgan fingerprint density at radius 2 is 1.77 bits per heavy atom. The number of carbonyl (C=O) groups excluding carboxylic acids is 2. The molecular formula is C23H28Cl2N2O3. The van der Waals surface area contributed by atoms with Gasteiger partial charge < -0.3 is 15.0 Å². The lowest BCUT2D eigenvalue weighted by atomic mass is 10.1. The molecule has 0 bridgehead atoms. The van der Waals surface area contributed by atoms with Gasteiger partial charge in [-0.25, -0.2) is 0 Å².